The number of allylic oxidation sites excluding steroid dienone is 2. The Balaban J connectivity index is 1.15. The van der Waals surface area contributed by atoms with Crippen molar-refractivity contribution in [2.24, 2.45) is 63.1 Å². The van der Waals surface area contributed by atoms with Crippen molar-refractivity contribution >= 4 is 39.0 Å². The summed E-state index contributed by atoms with van der Waals surface area (Å²) in [6.45, 7) is 8.26. The van der Waals surface area contributed by atoms with Gasteiger partial charge >= 0.3 is 0 Å². The summed E-state index contributed by atoms with van der Waals surface area (Å²) < 4.78 is 6.48. The largest absolute Gasteiger partial charge is 0.508 e. The Hall–Kier alpha value is -1.94. The number of phenols is 1. The van der Waals surface area contributed by atoms with Gasteiger partial charge in [-0.2, -0.15) is 0 Å². The van der Waals surface area contributed by atoms with Gasteiger partial charge in [0.2, 0.25) is 5.91 Å². The smallest absolute Gasteiger partial charge is 0.233 e. The highest BCUT2D eigenvalue weighted by Gasteiger charge is 2.78. The molecule has 346 valence electrons. The topological polar surface area (TPSA) is 192 Å². The van der Waals surface area contributed by atoms with Crippen molar-refractivity contribution in [3.05, 3.63) is 47.6 Å². The second-order valence-electron chi connectivity index (χ2n) is 22.4. The number of hydrogen-bond acceptors (Lipinski definition) is 12. The summed E-state index contributed by atoms with van der Waals surface area (Å²) in [4.78, 5) is 32.3. The van der Waals surface area contributed by atoms with Gasteiger partial charge in [-0.3, -0.25) is 9.59 Å². The third-order valence-electron chi connectivity index (χ3n) is 19.9. The monoisotopic (exact) mass is 907 g/mol. The van der Waals surface area contributed by atoms with Crippen molar-refractivity contribution in [1.82, 2.24) is 0 Å². The molecule has 1 amide bonds. The van der Waals surface area contributed by atoms with E-state index in [4.69, 9.17) is 4.74 Å². The third kappa shape index (κ3) is 6.04. The lowest BCUT2D eigenvalue weighted by Crippen LogP contribution is -2.71. The van der Waals surface area contributed by atoms with Crippen molar-refractivity contribution in [3.8, 4) is 5.75 Å². The molecule has 12 rings (SSSR count). The maximum Gasteiger partial charge on any atom is 0.233 e. The van der Waals surface area contributed by atoms with Crippen LogP contribution in [0.3, 0.4) is 0 Å². The fraction of sp³-hybridized carbons (Fsp3) is 0.760. The Kier molecular flexibility index (Phi) is 10.9. The molecule has 0 radical (unpaired) electrons. The van der Waals surface area contributed by atoms with Crippen molar-refractivity contribution in [2.45, 2.75) is 140 Å². The third-order valence-corrected chi connectivity index (χ3v) is 22.4. The van der Waals surface area contributed by atoms with Crippen LogP contribution in [0.15, 0.2) is 42.0 Å². The minimum atomic E-state index is -1.86. The zero-order valence-corrected chi connectivity index (χ0v) is 39.0. The number of aromatic hydroxyl groups is 1. The predicted octanol–water partition coefficient (Wildman–Crippen LogP) is 5.75. The number of phenolic OH excluding ortho intramolecular Hbond substituents is 1. The van der Waals surface area contributed by atoms with E-state index in [9.17, 15) is 35.7 Å². The van der Waals surface area contributed by atoms with Crippen LogP contribution in [0.2, 0.25) is 0 Å². The number of aryl methyl sites for hydroxylation is 1. The van der Waals surface area contributed by atoms with Crippen LogP contribution < -0.4 is 4.90 Å². The first-order valence-corrected chi connectivity index (χ1v) is 26.4. The Morgan fingerprint density at radius 2 is 1.79 bits per heavy atom. The van der Waals surface area contributed by atoms with Gasteiger partial charge in [-0.15, -0.1) is 0 Å². The lowest BCUT2D eigenvalue weighted by atomic mass is 9.38. The summed E-state index contributed by atoms with van der Waals surface area (Å²) in [6.07, 6.45) is 9.62. The quantitative estimate of drug-likeness (QED) is 0.108. The van der Waals surface area contributed by atoms with Crippen LogP contribution in [0.5, 0.6) is 5.75 Å². The van der Waals surface area contributed by atoms with E-state index in [2.05, 4.69) is 32.9 Å². The average molecular weight is 908 g/mol. The number of epoxide rings is 1. The first kappa shape index (κ1) is 44.9. The number of aliphatic hydroxyl groups excluding tert-OH is 3. The zero-order valence-electron chi connectivity index (χ0n) is 37.4. The highest BCUT2D eigenvalue weighted by Crippen LogP contribution is 2.76. The molecule has 5 heterocycles. The minimum Gasteiger partial charge on any atom is -0.508 e. The van der Waals surface area contributed by atoms with Crippen LogP contribution in [-0.2, 0) is 20.7 Å². The number of benzene rings is 1. The van der Waals surface area contributed by atoms with Gasteiger partial charge in [-0.1, -0.05) is 67.9 Å². The van der Waals surface area contributed by atoms with Crippen LogP contribution in [0.25, 0.3) is 0 Å². The first-order chi connectivity index (χ1) is 29.9. The highest BCUT2D eigenvalue weighted by atomic mass is 33.1. The van der Waals surface area contributed by atoms with E-state index in [0.717, 1.165) is 24.8 Å². The van der Waals surface area contributed by atoms with Crippen LogP contribution >= 0.6 is 21.6 Å². The lowest BCUT2D eigenvalue weighted by Gasteiger charge is -2.67. The second kappa shape index (κ2) is 15.3. The number of anilines is 1. The summed E-state index contributed by atoms with van der Waals surface area (Å²) in [5.41, 5.74) is -6.50. The van der Waals surface area contributed by atoms with Gasteiger partial charge in [0.15, 0.2) is 5.78 Å². The highest BCUT2D eigenvalue weighted by molar-refractivity contribution is 8.76. The Bertz CT molecular complexity index is 2100. The molecule has 0 aromatic heterocycles. The number of ketones is 1. The molecule has 8 bridgehead atoms. The van der Waals surface area contributed by atoms with Crippen molar-refractivity contribution in [3.63, 3.8) is 0 Å². The number of carbonyl (C=O) groups excluding carboxylic acids is 2. The summed E-state index contributed by atoms with van der Waals surface area (Å²) >= 11 is 0. The fourth-order valence-electron chi connectivity index (χ4n) is 16.0. The van der Waals surface area contributed by atoms with Crippen LogP contribution in [0.1, 0.15) is 104 Å². The van der Waals surface area contributed by atoms with E-state index in [-0.39, 0.29) is 66.7 Å². The van der Waals surface area contributed by atoms with Gasteiger partial charge in [0.25, 0.3) is 0 Å². The molecule has 63 heavy (non-hydrogen) atoms. The molecule has 11 nitrogen and oxygen atoms in total. The van der Waals surface area contributed by atoms with Crippen LogP contribution in [0, 0.1) is 63.1 Å². The summed E-state index contributed by atoms with van der Waals surface area (Å²) in [6, 6.07) is 5.40. The first-order valence-electron chi connectivity index (χ1n) is 23.9. The summed E-state index contributed by atoms with van der Waals surface area (Å²) in [5, 5.41) is 84.0. The number of rotatable bonds is 5. The number of aliphatic hydroxyl groups is 6. The molecule has 16 atom stereocenters. The number of amides is 1. The van der Waals surface area contributed by atoms with Gasteiger partial charge in [0.05, 0.1) is 35.2 Å². The average Bonchev–Trinajstić information content (AvgIpc) is 3.93. The van der Waals surface area contributed by atoms with E-state index in [1.165, 1.54) is 0 Å². The van der Waals surface area contributed by atoms with E-state index in [1.54, 1.807) is 39.8 Å². The van der Waals surface area contributed by atoms with Crippen molar-refractivity contribution < 1.29 is 50.1 Å². The van der Waals surface area contributed by atoms with E-state index < -0.39 is 69.1 Å². The normalized spacial score (nSPS) is 48.4. The minimum absolute atomic E-state index is 0.0192. The standard InChI is InChI=1S/C50H69NO10S2/c1-28(2)29(3)41-42(61-41)49(59)12-6-9-31-19-36-37-21-39(55)45(22-40(56)46(58,26-53)25-44(36,45)4)27-63-62-24-33-8-5-7-32(23-52)47(33)15-16-51(43(47)57)34-17-30(18-35(54)20-34)10-13-48(31)38(49)11-14-50(37,48)60/h6,9,17-18,20-21,28-29,31-33,36,38,40-42,52-54,56,58-60H,5,7-8,10-16,19,22-27H2,1-4H3/t29-,31-,32+,33-,36+,38+,40-,41+,42-,44-,45-,46-,47-,48-,49-,50-/m1/s1. The van der Waals surface area contributed by atoms with Gasteiger partial charge < -0.3 is 45.4 Å². The Labute approximate surface area is 379 Å². The molecule has 11 aliphatic rings. The number of ether oxygens (including phenoxy) is 1. The maximum atomic E-state index is 15.4. The Morgan fingerprint density at radius 1 is 1.00 bits per heavy atom. The molecule has 0 unspecified atom stereocenters. The molecule has 13 heteroatoms. The van der Waals surface area contributed by atoms with Crippen LogP contribution in [0.4, 0.5) is 5.69 Å². The van der Waals surface area contributed by atoms with E-state index in [0.29, 0.717) is 80.2 Å². The number of fused-ring (bicyclic) bond motifs is 1. The summed E-state index contributed by atoms with van der Waals surface area (Å²) in [5.74, 6) is 0.0424. The van der Waals surface area contributed by atoms with Crippen LogP contribution in [-0.4, -0.2) is 114 Å². The zero-order chi connectivity index (χ0) is 44.7. The predicted molar refractivity (Wildman–Crippen MR) is 243 cm³/mol. The molecule has 1 aromatic carbocycles. The maximum absolute atomic E-state index is 15.4. The molecule has 6 fully saturated rings. The second-order valence-corrected chi connectivity index (χ2v) is 24.9. The Morgan fingerprint density at radius 3 is 2.54 bits per heavy atom. The van der Waals surface area contributed by atoms with Gasteiger partial charge in [0, 0.05) is 47.7 Å². The molecular formula is C50H69NO10S2. The molecule has 4 saturated carbocycles. The SMILES string of the molecule is CC(C)[C@@H](C)[C@@H]1O[C@H]1[C@@]1(O)CC=C[C@@H]2C[C@H]3C4=CC(=O)[C@]5(CSSC[C@H]6CCC[C@@H](CO)[C@]67CCN(C7=O)c6cc(O)cc(c6)CC[C@]26[C@@H]1CC[C@@]46O)C[C@@H](O)[C@](O)(CO)C[C@]35C. The van der Waals surface area contributed by atoms with E-state index in [1.807, 2.05) is 17.9 Å². The number of carbonyl (C=O) groups is 2. The molecule has 7 N–H and O–H groups in total. The molecule has 6 aliphatic carbocycles. The molecule has 5 aliphatic heterocycles. The van der Waals surface area contributed by atoms with Gasteiger partial charge in [-0.05, 0) is 141 Å². The molecule has 2 saturated heterocycles. The van der Waals surface area contributed by atoms with Gasteiger partial charge in [-0.25, -0.2) is 0 Å². The summed E-state index contributed by atoms with van der Waals surface area (Å²) in [7, 11) is 3.20. The van der Waals surface area contributed by atoms with Crippen molar-refractivity contribution in [2.75, 3.05) is 36.2 Å². The van der Waals surface area contributed by atoms with E-state index >= 15 is 9.59 Å². The lowest BCUT2D eigenvalue weighted by molar-refractivity contribution is -0.222. The fourth-order valence-corrected chi connectivity index (χ4v) is 19.3. The molecule has 1 aromatic rings. The molecule has 3 spiro atoms. The number of nitrogens with zero attached hydrogens (tertiary/aromatic N) is 1. The van der Waals surface area contributed by atoms with Crippen molar-refractivity contribution in [1.29, 1.82) is 0 Å². The molecular weight excluding hydrogens is 839 g/mol. The van der Waals surface area contributed by atoms with Gasteiger partial charge in [0.1, 0.15) is 23.1 Å². The number of hydrogen-bond donors (Lipinski definition) is 7.